The molecule has 1 fully saturated rings. The number of carbonyl (C=O) groups excluding carboxylic acids is 1. The predicted molar refractivity (Wildman–Crippen MR) is 124 cm³/mol. The minimum absolute atomic E-state index is 0. The predicted octanol–water partition coefficient (Wildman–Crippen LogP) is 2.65. The maximum Gasteiger partial charge on any atom is 0.263 e. The zero-order valence-electron chi connectivity index (χ0n) is 18.4. The van der Waals surface area contributed by atoms with E-state index in [0.717, 1.165) is 18.4 Å². The molecule has 0 aliphatic carbocycles. The van der Waals surface area contributed by atoms with Crippen molar-refractivity contribution >= 4 is 18.3 Å². The fourth-order valence-corrected chi connectivity index (χ4v) is 3.99. The van der Waals surface area contributed by atoms with Crippen LogP contribution in [0.4, 0.5) is 0 Å². The molecule has 8 heteroatoms. The third-order valence-electron chi connectivity index (χ3n) is 5.82. The van der Waals surface area contributed by atoms with Crippen LogP contribution in [0, 0.1) is 12.8 Å². The molecule has 1 aromatic carbocycles. The molecule has 0 radical (unpaired) electrons. The number of aryl methyl sites for hydroxylation is 3. The molecule has 1 aliphatic rings. The lowest BCUT2D eigenvalue weighted by atomic mass is 9.97. The molecule has 1 unspecified atom stereocenters. The second kappa shape index (κ2) is 11.2. The summed E-state index contributed by atoms with van der Waals surface area (Å²) in [5, 5.41) is 0. The van der Waals surface area contributed by atoms with Crippen molar-refractivity contribution in [2.75, 3.05) is 33.9 Å². The monoisotopic (exact) mass is 449 g/mol. The van der Waals surface area contributed by atoms with Crippen LogP contribution in [0.15, 0.2) is 35.3 Å². The molecule has 1 atom stereocenters. The van der Waals surface area contributed by atoms with Crippen LogP contribution in [0.1, 0.15) is 34.3 Å². The molecule has 1 aliphatic heterocycles. The Bertz CT molecular complexity index is 960. The number of ether oxygens (including phenoxy) is 2. The smallest absolute Gasteiger partial charge is 0.263 e. The number of benzene rings is 1. The lowest BCUT2D eigenvalue weighted by Gasteiger charge is -2.32. The summed E-state index contributed by atoms with van der Waals surface area (Å²) in [6.45, 7) is 4.15. The van der Waals surface area contributed by atoms with Gasteiger partial charge in [-0.3, -0.25) is 9.59 Å². The molecular formula is C23H32ClN3O4. The van der Waals surface area contributed by atoms with E-state index in [0.29, 0.717) is 55.6 Å². The van der Waals surface area contributed by atoms with Gasteiger partial charge in [0, 0.05) is 25.8 Å². The number of amides is 1. The van der Waals surface area contributed by atoms with E-state index in [4.69, 9.17) is 15.2 Å². The number of carbonyl (C=O) groups is 1. The van der Waals surface area contributed by atoms with Crippen LogP contribution < -0.4 is 20.8 Å². The number of nitrogens with zero attached hydrogens (tertiary/aromatic N) is 2. The summed E-state index contributed by atoms with van der Waals surface area (Å²) in [6, 6.07) is 7.55. The van der Waals surface area contributed by atoms with Gasteiger partial charge in [-0.15, -0.1) is 12.4 Å². The molecule has 0 spiro atoms. The molecule has 1 amide bonds. The molecular weight excluding hydrogens is 418 g/mol. The Labute approximate surface area is 189 Å². The van der Waals surface area contributed by atoms with Gasteiger partial charge in [-0.05, 0) is 68.0 Å². The number of hydrogen-bond acceptors (Lipinski definition) is 5. The largest absolute Gasteiger partial charge is 0.493 e. The van der Waals surface area contributed by atoms with Crippen molar-refractivity contribution in [1.82, 2.24) is 9.47 Å². The molecule has 1 aromatic heterocycles. The van der Waals surface area contributed by atoms with E-state index in [-0.39, 0.29) is 29.4 Å². The van der Waals surface area contributed by atoms with E-state index in [1.54, 1.807) is 29.9 Å². The Balaban J connectivity index is 0.00000341. The standard InChI is InChI=1S/C23H31N3O4.ClH/c1-16-8-11-25(12-9-17-6-7-19(29-2)20(13-17)30-3)22(27)21(16)23(28)26-10-4-5-18(14-24)15-26;/h6-8,11,13,18H,4-5,9-10,12,14-15,24H2,1-3H3;1H. The number of methoxy groups -OCH3 is 2. The Kier molecular flexibility index (Phi) is 8.95. The third-order valence-corrected chi connectivity index (χ3v) is 5.82. The van der Waals surface area contributed by atoms with Gasteiger partial charge in [0.15, 0.2) is 11.5 Å². The third kappa shape index (κ3) is 5.60. The van der Waals surface area contributed by atoms with E-state index in [1.807, 2.05) is 31.2 Å². The van der Waals surface area contributed by atoms with Crippen molar-refractivity contribution in [3.63, 3.8) is 0 Å². The first-order valence-electron chi connectivity index (χ1n) is 10.4. The van der Waals surface area contributed by atoms with Crippen molar-refractivity contribution in [3.8, 4) is 11.5 Å². The van der Waals surface area contributed by atoms with Crippen LogP contribution in [0.2, 0.25) is 0 Å². The van der Waals surface area contributed by atoms with Gasteiger partial charge in [0.1, 0.15) is 5.56 Å². The van der Waals surface area contributed by atoms with Gasteiger partial charge >= 0.3 is 0 Å². The van der Waals surface area contributed by atoms with Crippen molar-refractivity contribution in [2.24, 2.45) is 11.7 Å². The summed E-state index contributed by atoms with van der Waals surface area (Å²) < 4.78 is 12.2. The molecule has 3 rings (SSSR count). The van der Waals surface area contributed by atoms with Gasteiger partial charge in [-0.1, -0.05) is 6.07 Å². The topological polar surface area (TPSA) is 86.8 Å². The van der Waals surface area contributed by atoms with Crippen LogP contribution >= 0.6 is 12.4 Å². The minimum Gasteiger partial charge on any atom is -0.493 e. The highest BCUT2D eigenvalue weighted by molar-refractivity contribution is 5.95. The molecule has 2 heterocycles. The molecule has 170 valence electrons. The molecule has 7 nitrogen and oxygen atoms in total. The van der Waals surface area contributed by atoms with E-state index < -0.39 is 0 Å². The summed E-state index contributed by atoms with van der Waals surface area (Å²) in [5.74, 6) is 1.44. The van der Waals surface area contributed by atoms with E-state index in [9.17, 15) is 9.59 Å². The number of likely N-dealkylation sites (tertiary alicyclic amines) is 1. The van der Waals surface area contributed by atoms with Gasteiger partial charge in [-0.25, -0.2) is 0 Å². The van der Waals surface area contributed by atoms with E-state index in [1.165, 1.54) is 0 Å². The summed E-state index contributed by atoms with van der Waals surface area (Å²) in [4.78, 5) is 28.0. The van der Waals surface area contributed by atoms with E-state index in [2.05, 4.69) is 0 Å². The highest BCUT2D eigenvalue weighted by Crippen LogP contribution is 2.27. The van der Waals surface area contributed by atoms with Crippen LogP contribution in [-0.4, -0.2) is 49.2 Å². The highest BCUT2D eigenvalue weighted by atomic mass is 35.5. The van der Waals surface area contributed by atoms with Gasteiger partial charge in [0.25, 0.3) is 11.5 Å². The number of nitrogens with two attached hydrogens (primary N) is 1. The van der Waals surface area contributed by atoms with Crippen LogP contribution in [0.3, 0.4) is 0 Å². The molecule has 2 N–H and O–H groups in total. The minimum atomic E-state index is -0.240. The number of hydrogen-bond donors (Lipinski definition) is 1. The Morgan fingerprint density at radius 3 is 2.61 bits per heavy atom. The zero-order chi connectivity index (χ0) is 21.7. The van der Waals surface area contributed by atoms with Crippen LogP contribution in [0.25, 0.3) is 0 Å². The number of halogens is 1. The van der Waals surface area contributed by atoms with Crippen molar-refractivity contribution in [2.45, 2.75) is 32.7 Å². The van der Waals surface area contributed by atoms with Gasteiger partial charge in [-0.2, -0.15) is 0 Å². The van der Waals surface area contributed by atoms with Gasteiger partial charge in [0.05, 0.1) is 14.2 Å². The SMILES string of the molecule is COc1ccc(CCn2ccc(C)c(C(=O)N3CCCC(CN)C3)c2=O)cc1OC.Cl. The lowest BCUT2D eigenvalue weighted by molar-refractivity contribution is 0.0675. The number of rotatable bonds is 7. The number of piperidine rings is 1. The first-order valence-corrected chi connectivity index (χ1v) is 10.4. The number of aromatic nitrogens is 1. The molecule has 2 aromatic rings. The maximum atomic E-state index is 13.1. The second-order valence-electron chi connectivity index (χ2n) is 7.81. The quantitative estimate of drug-likeness (QED) is 0.702. The molecule has 1 saturated heterocycles. The molecule has 0 bridgehead atoms. The highest BCUT2D eigenvalue weighted by Gasteiger charge is 2.26. The number of pyridine rings is 1. The van der Waals surface area contributed by atoms with Crippen molar-refractivity contribution in [1.29, 1.82) is 0 Å². The Morgan fingerprint density at radius 1 is 1.19 bits per heavy atom. The summed E-state index contributed by atoms with van der Waals surface area (Å²) in [7, 11) is 3.19. The van der Waals surface area contributed by atoms with Crippen LogP contribution in [-0.2, 0) is 13.0 Å². The second-order valence-corrected chi connectivity index (χ2v) is 7.81. The Morgan fingerprint density at radius 2 is 1.94 bits per heavy atom. The lowest BCUT2D eigenvalue weighted by Crippen LogP contribution is -2.44. The fourth-order valence-electron chi connectivity index (χ4n) is 3.99. The van der Waals surface area contributed by atoms with Crippen molar-refractivity contribution < 1.29 is 14.3 Å². The fraction of sp³-hybridized carbons (Fsp3) is 0.478. The Hall–Kier alpha value is -2.51. The zero-order valence-corrected chi connectivity index (χ0v) is 19.2. The first kappa shape index (κ1) is 24.8. The normalized spacial score (nSPS) is 15.9. The summed E-state index contributed by atoms with van der Waals surface area (Å²) >= 11 is 0. The maximum absolute atomic E-state index is 13.1. The molecule has 0 saturated carbocycles. The first-order chi connectivity index (χ1) is 14.5. The summed E-state index contributed by atoms with van der Waals surface area (Å²) in [6.07, 6.45) is 4.35. The van der Waals surface area contributed by atoms with Crippen LogP contribution in [0.5, 0.6) is 11.5 Å². The average Bonchev–Trinajstić information content (AvgIpc) is 2.78. The van der Waals surface area contributed by atoms with Gasteiger partial charge < -0.3 is 24.7 Å². The molecule has 31 heavy (non-hydrogen) atoms. The van der Waals surface area contributed by atoms with Gasteiger partial charge in [0.2, 0.25) is 0 Å². The van der Waals surface area contributed by atoms with Crippen molar-refractivity contribution in [3.05, 3.63) is 57.5 Å². The average molecular weight is 450 g/mol. The van der Waals surface area contributed by atoms with E-state index >= 15 is 0 Å². The summed E-state index contributed by atoms with van der Waals surface area (Å²) in [5.41, 5.74) is 7.56.